The minimum Gasteiger partial charge on any atom is -0.396 e. The number of carbonyl (C=O) groups is 1. The lowest BCUT2D eigenvalue weighted by atomic mass is 10.0. The van der Waals surface area contributed by atoms with Crippen LogP contribution in [-0.4, -0.2) is 38.5 Å². The van der Waals surface area contributed by atoms with Gasteiger partial charge in [-0.25, -0.2) is 0 Å². The first-order chi connectivity index (χ1) is 10.2. The molecule has 0 fully saturated rings. The van der Waals surface area contributed by atoms with Gasteiger partial charge in [0, 0.05) is 32.6 Å². The van der Waals surface area contributed by atoms with Crippen molar-refractivity contribution < 1.29 is 9.90 Å². The molecule has 2 N–H and O–H groups in total. The quantitative estimate of drug-likeness (QED) is 0.808. The number of nitrogens with zero attached hydrogens (tertiary/aromatic N) is 3. The van der Waals surface area contributed by atoms with Crippen LogP contribution in [0.1, 0.15) is 30.1 Å². The van der Waals surface area contributed by atoms with Crippen LogP contribution in [0.25, 0.3) is 5.82 Å². The summed E-state index contributed by atoms with van der Waals surface area (Å²) in [6.45, 7) is 2.77. The van der Waals surface area contributed by atoms with Gasteiger partial charge in [0.1, 0.15) is 11.4 Å². The predicted molar refractivity (Wildman–Crippen MR) is 80.4 cm³/mol. The molecule has 2 rings (SSSR count). The number of aliphatic hydroxyl groups is 1. The lowest BCUT2D eigenvalue weighted by Crippen LogP contribution is -2.30. The third-order valence-electron chi connectivity index (χ3n) is 3.67. The van der Waals surface area contributed by atoms with Gasteiger partial charge in [0.05, 0.1) is 6.20 Å². The number of rotatable bonds is 7. The molecule has 0 saturated carbocycles. The Labute approximate surface area is 124 Å². The van der Waals surface area contributed by atoms with Gasteiger partial charge in [-0.2, -0.15) is 5.10 Å². The third-order valence-corrected chi connectivity index (χ3v) is 3.67. The molecule has 1 amide bonds. The Morgan fingerprint density at radius 2 is 2.14 bits per heavy atom. The van der Waals surface area contributed by atoms with E-state index in [9.17, 15) is 4.79 Å². The van der Waals surface area contributed by atoms with Crippen molar-refractivity contribution in [3.05, 3.63) is 36.3 Å². The topological polar surface area (TPSA) is 72.1 Å². The third kappa shape index (κ3) is 3.52. The zero-order chi connectivity index (χ0) is 15.2. The number of aliphatic hydroxyl groups excluding tert-OH is 1. The van der Waals surface area contributed by atoms with Gasteiger partial charge in [-0.3, -0.25) is 9.48 Å². The number of amides is 1. The van der Waals surface area contributed by atoms with E-state index in [1.165, 1.54) is 0 Å². The zero-order valence-electron chi connectivity index (χ0n) is 12.5. The minimum atomic E-state index is -0.136. The molecule has 0 aliphatic carbocycles. The summed E-state index contributed by atoms with van der Waals surface area (Å²) in [5, 5.41) is 16.1. The van der Waals surface area contributed by atoms with Gasteiger partial charge < -0.3 is 15.0 Å². The number of hydrogen-bond acceptors (Lipinski definition) is 3. The molecule has 2 heterocycles. The normalized spacial score (nSPS) is 12.3. The SMILES string of the molecule is CCC(CCO)CNC(=O)c1cnn(C)c1-n1cccc1. The Morgan fingerprint density at radius 3 is 2.76 bits per heavy atom. The summed E-state index contributed by atoms with van der Waals surface area (Å²) in [5.74, 6) is 0.904. The van der Waals surface area contributed by atoms with Gasteiger partial charge in [-0.15, -0.1) is 0 Å². The van der Waals surface area contributed by atoms with Crippen LogP contribution < -0.4 is 5.32 Å². The van der Waals surface area contributed by atoms with E-state index in [4.69, 9.17) is 5.11 Å². The van der Waals surface area contributed by atoms with Crippen molar-refractivity contribution in [3.8, 4) is 5.82 Å². The van der Waals surface area contributed by atoms with Crippen molar-refractivity contribution in [2.75, 3.05) is 13.2 Å². The van der Waals surface area contributed by atoms with E-state index in [1.54, 1.807) is 10.9 Å². The Morgan fingerprint density at radius 1 is 1.43 bits per heavy atom. The maximum absolute atomic E-state index is 12.4. The fourth-order valence-electron chi connectivity index (χ4n) is 2.34. The van der Waals surface area contributed by atoms with Crippen LogP contribution in [-0.2, 0) is 7.05 Å². The number of aromatic nitrogens is 3. The summed E-state index contributed by atoms with van der Waals surface area (Å²) >= 11 is 0. The largest absolute Gasteiger partial charge is 0.396 e. The summed E-state index contributed by atoms with van der Waals surface area (Å²) in [6, 6.07) is 3.81. The van der Waals surface area contributed by atoms with E-state index in [2.05, 4.69) is 17.3 Å². The molecule has 1 unspecified atom stereocenters. The van der Waals surface area contributed by atoms with Crippen LogP contribution in [0.15, 0.2) is 30.7 Å². The molecule has 0 saturated heterocycles. The molecular formula is C15H22N4O2. The average molecular weight is 290 g/mol. The van der Waals surface area contributed by atoms with E-state index in [0.29, 0.717) is 24.4 Å². The van der Waals surface area contributed by atoms with E-state index < -0.39 is 0 Å². The van der Waals surface area contributed by atoms with Gasteiger partial charge in [0.15, 0.2) is 0 Å². The van der Waals surface area contributed by atoms with Crippen molar-refractivity contribution >= 4 is 5.91 Å². The van der Waals surface area contributed by atoms with E-state index >= 15 is 0 Å². The second-order valence-corrected chi connectivity index (χ2v) is 5.09. The van der Waals surface area contributed by atoms with Crippen molar-refractivity contribution in [2.24, 2.45) is 13.0 Å². The maximum Gasteiger partial charge on any atom is 0.256 e. The highest BCUT2D eigenvalue weighted by atomic mass is 16.3. The average Bonchev–Trinajstić information content (AvgIpc) is 3.11. The highest BCUT2D eigenvalue weighted by molar-refractivity contribution is 5.97. The molecule has 0 aliphatic rings. The van der Waals surface area contributed by atoms with Crippen LogP contribution in [0.2, 0.25) is 0 Å². The van der Waals surface area contributed by atoms with Crippen LogP contribution in [0.4, 0.5) is 0 Å². The van der Waals surface area contributed by atoms with Crippen molar-refractivity contribution in [3.63, 3.8) is 0 Å². The smallest absolute Gasteiger partial charge is 0.256 e. The van der Waals surface area contributed by atoms with Crippen molar-refractivity contribution in [1.82, 2.24) is 19.7 Å². The van der Waals surface area contributed by atoms with Crippen LogP contribution in [0, 0.1) is 5.92 Å². The van der Waals surface area contributed by atoms with Gasteiger partial charge >= 0.3 is 0 Å². The van der Waals surface area contributed by atoms with Gasteiger partial charge in [-0.1, -0.05) is 13.3 Å². The molecule has 2 aromatic heterocycles. The molecule has 0 aromatic carbocycles. The molecule has 0 aliphatic heterocycles. The zero-order valence-corrected chi connectivity index (χ0v) is 12.5. The van der Waals surface area contributed by atoms with Crippen molar-refractivity contribution in [2.45, 2.75) is 19.8 Å². The summed E-state index contributed by atoms with van der Waals surface area (Å²) in [7, 11) is 1.81. The molecule has 0 radical (unpaired) electrons. The van der Waals surface area contributed by atoms with Crippen LogP contribution >= 0.6 is 0 Å². The van der Waals surface area contributed by atoms with Crippen molar-refractivity contribution in [1.29, 1.82) is 0 Å². The summed E-state index contributed by atoms with van der Waals surface area (Å²) in [5.41, 5.74) is 0.549. The first kappa shape index (κ1) is 15.3. The number of aryl methyl sites for hydroxylation is 1. The second kappa shape index (κ2) is 7.08. The molecule has 1 atom stereocenters. The van der Waals surface area contributed by atoms with Gasteiger partial charge in [0.25, 0.3) is 5.91 Å². The Bertz CT molecular complexity index is 575. The Balaban J connectivity index is 2.10. The summed E-state index contributed by atoms with van der Waals surface area (Å²) in [6.07, 6.45) is 6.98. The maximum atomic E-state index is 12.4. The monoisotopic (exact) mass is 290 g/mol. The van der Waals surface area contributed by atoms with Gasteiger partial charge in [-0.05, 0) is 24.5 Å². The van der Waals surface area contributed by atoms with E-state index in [1.807, 2.05) is 36.1 Å². The minimum absolute atomic E-state index is 0.136. The highest BCUT2D eigenvalue weighted by Gasteiger charge is 2.18. The number of nitrogens with one attached hydrogen (secondary N) is 1. The molecular weight excluding hydrogens is 268 g/mol. The number of hydrogen-bond donors (Lipinski definition) is 2. The molecule has 21 heavy (non-hydrogen) atoms. The van der Waals surface area contributed by atoms with Crippen LogP contribution in [0.5, 0.6) is 0 Å². The molecule has 0 spiro atoms. The fraction of sp³-hybridized carbons (Fsp3) is 0.467. The number of carbonyl (C=O) groups excluding carboxylic acids is 1. The molecule has 6 heteroatoms. The standard InChI is InChI=1S/C15H22N4O2/c1-3-12(6-9-20)10-16-14(21)13-11-17-18(2)15(13)19-7-4-5-8-19/h4-5,7-8,11-12,20H,3,6,9-10H2,1-2H3,(H,16,21). The second-order valence-electron chi connectivity index (χ2n) is 5.09. The molecule has 2 aromatic rings. The molecule has 0 bridgehead atoms. The Hall–Kier alpha value is -2.08. The predicted octanol–water partition coefficient (Wildman–Crippen LogP) is 1.35. The fourth-order valence-corrected chi connectivity index (χ4v) is 2.34. The lowest BCUT2D eigenvalue weighted by Gasteiger charge is -2.14. The highest BCUT2D eigenvalue weighted by Crippen LogP contribution is 2.14. The first-order valence-electron chi connectivity index (χ1n) is 7.21. The van der Waals surface area contributed by atoms with Gasteiger partial charge in [0.2, 0.25) is 0 Å². The summed E-state index contributed by atoms with van der Waals surface area (Å²) < 4.78 is 3.55. The van der Waals surface area contributed by atoms with E-state index in [-0.39, 0.29) is 12.5 Å². The molecule has 114 valence electrons. The summed E-state index contributed by atoms with van der Waals surface area (Å²) in [4.78, 5) is 12.4. The molecule has 6 nitrogen and oxygen atoms in total. The van der Waals surface area contributed by atoms with E-state index in [0.717, 1.165) is 12.2 Å². The van der Waals surface area contributed by atoms with Crippen LogP contribution in [0.3, 0.4) is 0 Å². The Kier molecular flexibility index (Phi) is 5.16. The lowest BCUT2D eigenvalue weighted by molar-refractivity contribution is 0.0943. The first-order valence-corrected chi connectivity index (χ1v) is 7.21.